The average molecular weight is 590 g/mol. The van der Waals surface area contributed by atoms with E-state index in [2.05, 4.69) is 10.0 Å². The van der Waals surface area contributed by atoms with Gasteiger partial charge in [-0.25, -0.2) is 21.9 Å². The molecule has 1 aliphatic carbocycles. The van der Waals surface area contributed by atoms with Gasteiger partial charge in [0.1, 0.15) is 12.0 Å². The fourth-order valence-electron chi connectivity index (χ4n) is 3.33. The molecule has 2 rings (SSSR count). The van der Waals surface area contributed by atoms with E-state index in [-0.39, 0.29) is 36.5 Å². The summed E-state index contributed by atoms with van der Waals surface area (Å²) >= 11 is 0. The summed E-state index contributed by atoms with van der Waals surface area (Å²) in [4.78, 5) is 11.9. The van der Waals surface area contributed by atoms with Crippen LogP contribution in [-0.4, -0.2) is 78.6 Å². The number of allylic oxidation sites excluding steroid dienone is 2. The van der Waals surface area contributed by atoms with E-state index in [1.54, 1.807) is 0 Å². The van der Waals surface area contributed by atoms with Crippen LogP contribution >= 0.6 is 0 Å². The van der Waals surface area contributed by atoms with E-state index >= 15 is 0 Å². The van der Waals surface area contributed by atoms with Crippen LogP contribution in [0.15, 0.2) is 41.7 Å². The SMILES string of the molecule is C/C(=C\c1cc(F)c(OC2=CCC(S(=O)(=O)NCCOCCOCCOCCN)C=C2)c(F)c1)C(=O)NC(N)N. The number of rotatable bonds is 18. The van der Waals surface area contributed by atoms with Crippen molar-refractivity contribution in [1.29, 1.82) is 0 Å². The number of nitrogens with one attached hydrogen (secondary N) is 2. The van der Waals surface area contributed by atoms with Gasteiger partial charge in [0.05, 0.1) is 44.9 Å². The quantitative estimate of drug-likeness (QED) is 0.0898. The van der Waals surface area contributed by atoms with Crippen molar-refractivity contribution < 1.29 is 40.9 Å². The minimum Gasteiger partial charge on any atom is -0.452 e. The first-order valence-electron chi connectivity index (χ1n) is 12.5. The summed E-state index contributed by atoms with van der Waals surface area (Å²) < 4.78 is 77.9. The number of amides is 1. The first kappa shape index (κ1) is 33.4. The molecule has 8 N–H and O–H groups in total. The number of ether oxygens (including phenoxy) is 4. The lowest BCUT2D eigenvalue weighted by Gasteiger charge is -2.18. The van der Waals surface area contributed by atoms with Crippen molar-refractivity contribution in [1.82, 2.24) is 10.0 Å². The maximum absolute atomic E-state index is 14.6. The van der Waals surface area contributed by atoms with Gasteiger partial charge in [0.2, 0.25) is 15.9 Å². The summed E-state index contributed by atoms with van der Waals surface area (Å²) in [7, 11) is -3.72. The number of benzene rings is 1. The smallest absolute Gasteiger partial charge is 0.249 e. The molecule has 0 spiro atoms. The molecule has 0 fully saturated rings. The number of carbonyl (C=O) groups excluding carboxylic acids is 1. The summed E-state index contributed by atoms with van der Waals surface area (Å²) in [6.07, 6.45) is 4.34. The van der Waals surface area contributed by atoms with E-state index in [9.17, 15) is 22.0 Å². The van der Waals surface area contributed by atoms with Gasteiger partial charge >= 0.3 is 0 Å². The Bertz CT molecular complexity index is 1150. The topological polar surface area (TPSA) is 190 Å². The van der Waals surface area contributed by atoms with Gasteiger partial charge in [-0.1, -0.05) is 6.08 Å². The van der Waals surface area contributed by atoms with E-state index in [4.69, 9.17) is 36.1 Å². The molecule has 40 heavy (non-hydrogen) atoms. The molecule has 1 amide bonds. The van der Waals surface area contributed by atoms with Crippen molar-refractivity contribution >= 4 is 22.0 Å². The highest BCUT2D eigenvalue weighted by Gasteiger charge is 2.25. The Morgan fingerprint density at radius 3 is 2.23 bits per heavy atom. The first-order valence-corrected chi connectivity index (χ1v) is 14.1. The first-order chi connectivity index (χ1) is 19.0. The lowest BCUT2D eigenvalue weighted by atomic mass is 10.1. The average Bonchev–Trinajstić information content (AvgIpc) is 2.89. The molecular weight excluding hydrogens is 552 g/mol. The predicted molar refractivity (Wildman–Crippen MR) is 145 cm³/mol. The third-order valence-corrected chi connectivity index (χ3v) is 7.01. The highest BCUT2D eigenvalue weighted by atomic mass is 32.2. The summed E-state index contributed by atoms with van der Waals surface area (Å²) in [6.45, 7) is 4.07. The van der Waals surface area contributed by atoms with Gasteiger partial charge in [0.25, 0.3) is 0 Å². The molecule has 0 heterocycles. The fourth-order valence-corrected chi connectivity index (χ4v) is 4.55. The summed E-state index contributed by atoms with van der Waals surface area (Å²) in [5, 5.41) is 1.36. The zero-order valence-electron chi connectivity index (χ0n) is 22.2. The molecule has 1 atom stereocenters. The summed E-state index contributed by atoms with van der Waals surface area (Å²) in [6, 6.07) is 1.99. The zero-order valence-corrected chi connectivity index (χ0v) is 23.1. The maximum Gasteiger partial charge on any atom is 0.249 e. The van der Waals surface area contributed by atoms with Crippen LogP contribution in [0.4, 0.5) is 8.78 Å². The van der Waals surface area contributed by atoms with Crippen molar-refractivity contribution in [3.63, 3.8) is 0 Å². The minimum atomic E-state index is -3.72. The molecule has 0 saturated heterocycles. The number of hydrogen-bond acceptors (Lipinski definition) is 10. The third-order valence-electron chi connectivity index (χ3n) is 5.26. The highest BCUT2D eigenvalue weighted by molar-refractivity contribution is 7.90. The van der Waals surface area contributed by atoms with E-state index in [0.717, 1.165) is 12.1 Å². The number of nitrogens with two attached hydrogens (primary N) is 3. The minimum absolute atomic E-state index is 0.0315. The van der Waals surface area contributed by atoms with Crippen LogP contribution in [0.25, 0.3) is 6.08 Å². The lowest BCUT2D eigenvalue weighted by molar-refractivity contribution is -0.117. The van der Waals surface area contributed by atoms with Crippen LogP contribution in [0.2, 0.25) is 0 Å². The van der Waals surface area contributed by atoms with E-state index in [1.807, 2.05) is 0 Å². The fraction of sp³-hybridized carbons (Fsp3) is 0.480. The van der Waals surface area contributed by atoms with Crippen LogP contribution in [0.5, 0.6) is 5.75 Å². The molecule has 15 heteroatoms. The molecule has 1 aliphatic rings. The lowest BCUT2D eigenvalue weighted by Crippen LogP contribution is -2.48. The molecule has 0 radical (unpaired) electrons. The monoisotopic (exact) mass is 589 g/mol. The molecule has 0 saturated carbocycles. The molecule has 0 aliphatic heterocycles. The van der Waals surface area contributed by atoms with Gasteiger partial charge in [-0.05, 0) is 49.3 Å². The van der Waals surface area contributed by atoms with E-state index in [1.165, 1.54) is 31.2 Å². The van der Waals surface area contributed by atoms with Gasteiger partial charge in [-0.3, -0.25) is 16.3 Å². The molecule has 12 nitrogen and oxygen atoms in total. The van der Waals surface area contributed by atoms with E-state index < -0.39 is 44.9 Å². The number of carbonyl (C=O) groups is 1. The van der Waals surface area contributed by atoms with Crippen molar-refractivity contribution in [3.05, 3.63) is 58.9 Å². The molecule has 1 aromatic carbocycles. The van der Waals surface area contributed by atoms with Crippen molar-refractivity contribution in [2.24, 2.45) is 17.2 Å². The highest BCUT2D eigenvalue weighted by Crippen LogP contribution is 2.28. The number of sulfonamides is 1. The van der Waals surface area contributed by atoms with Crippen LogP contribution < -0.4 is 32.0 Å². The largest absolute Gasteiger partial charge is 0.452 e. The Labute approximate surface area is 232 Å². The zero-order chi connectivity index (χ0) is 29.5. The number of hydrogen-bond donors (Lipinski definition) is 5. The van der Waals surface area contributed by atoms with Gasteiger partial charge in [0, 0.05) is 18.7 Å². The Hall–Kier alpha value is -2.76. The van der Waals surface area contributed by atoms with Crippen molar-refractivity contribution in [3.8, 4) is 5.75 Å². The van der Waals surface area contributed by atoms with Crippen LogP contribution in [-0.2, 0) is 29.0 Å². The maximum atomic E-state index is 14.6. The Morgan fingerprint density at radius 2 is 1.68 bits per heavy atom. The molecule has 1 unspecified atom stereocenters. The van der Waals surface area contributed by atoms with Crippen LogP contribution in [0.3, 0.4) is 0 Å². The van der Waals surface area contributed by atoms with Crippen molar-refractivity contribution in [2.45, 2.75) is 24.9 Å². The van der Waals surface area contributed by atoms with Crippen molar-refractivity contribution in [2.75, 3.05) is 52.7 Å². The Kier molecular flexibility index (Phi) is 14.3. The van der Waals surface area contributed by atoms with Crippen LogP contribution in [0.1, 0.15) is 18.9 Å². The second-order valence-electron chi connectivity index (χ2n) is 8.55. The summed E-state index contributed by atoms with van der Waals surface area (Å²) in [5.41, 5.74) is 16.1. The molecule has 1 aromatic rings. The third kappa shape index (κ3) is 11.8. The second kappa shape index (κ2) is 17.1. The standard InChI is InChI=1S/C25H37F2N5O7S/c1-17(24(33)32-25(29)30)14-18-15-21(26)23(22(27)16-18)39-19-2-4-20(5-3-19)40(34,35)31-7-9-37-11-13-38-12-10-36-8-6-28/h2-4,14-16,20,25,31H,5-13,28-30H2,1H3,(H,32,33)/b17-14+. The van der Waals surface area contributed by atoms with Gasteiger partial charge in [-0.15, -0.1) is 0 Å². The summed E-state index contributed by atoms with van der Waals surface area (Å²) in [5.74, 6) is -3.19. The Balaban J connectivity index is 1.80. The van der Waals surface area contributed by atoms with Crippen LogP contribution in [0, 0.1) is 11.6 Å². The molecule has 224 valence electrons. The number of halogens is 2. The second-order valence-corrected chi connectivity index (χ2v) is 10.5. The van der Waals surface area contributed by atoms with E-state index in [0.29, 0.717) is 39.6 Å². The molecule has 0 bridgehead atoms. The van der Waals surface area contributed by atoms with Gasteiger partial charge in [0.15, 0.2) is 17.4 Å². The Morgan fingerprint density at radius 1 is 1.07 bits per heavy atom. The molecular formula is C25H37F2N5O7S. The molecule has 0 aromatic heterocycles. The predicted octanol–water partition coefficient (Wildman–Crippen LogP) is 0.204. The van der Waals surface area contributed by atoms with Gasteiger partial charge in [-0.2, -0.15) is 0 Å². The van der Waals surface area contributed by atoms with Gasteiger partial charge < -0.3 is 30.0 Å². The normalized spacial score (nSPS) is 15.8.